The molecule has 0 heterocycles. The van der Waals surface area contributed by atoms with E-state index in [0.29, 0.717) is 5.54 Å². The first kappa shape index (κ1) is 15.5. The number of nitriles is 1. The lowest BCUT2D eigenvalue weighted by atomic mass is 9.75. The Hall–Kier alpha value is -0.590. The molecule has 1 rings (SSSR count). The van der Waals surface area contributed by atoms with Crippen LogP contribution in [-0.4, -0.2) is 49.6 Å². The van der Waals surface area contributed by atoms with Crippen LogP contribution in [0, 0.1) is 16.7 Å². The van der Waals surface area contributed by atoms with Gasteiger partial charge in [-0.15, -0.1) is 0 Å². The molecular weight excluding hydrogens is 222 g/mol. The van der Waals surface area contributed by atoms with Gasteiger partial charge < -0.3 is 9.80 Å². The van der Waals surface area contributed by atoms with Crippen LogP contribution in [0.25, 0.3) is 0 Å². The average Bonchev–Trinajstić information content (AvgIpc) is 2.22. The Labute approximate surface area is 113 Å². The van der Waals surface area contributed by atoms with Crippen LogP contribution in [0.1, 0.15) is 46.0 Å². The second-order valence-electron chi connectivity index (χ2n) is 6.81. The van der Waals surface area contributed by atoms with Gasteiger partial charge in [-0.2, -0.15) is 5.26 Å². The largest absolute Gasteiger partial charge is 0.305 e. The molecule has 0 amide bonds. The van der Waals surface area contributed by atoms with Gasteiger partial charge >= 0.3 is 0 Å². The average molecular weight is 251 g/mol. The van der Waals surface area contributed by atoms with E-state index in [-0.39, 0.29) is 5.41 Å². The zero-order valence-electron chi connectivity index (χ0n) is 12.8. The Kier molecular flexibility index (Phi) is 5.19. The highest BCUT2D eigenvalue weighted by Gasteiger charge is 2.39. The summed E-state index contributed by atoms with van der Waals surface area (Å²) in [4.78, 5) is 4.83. The van der Waals surface area contributed by atoms with E-state index < -0.39 is 0 Å². The van der Waals surface area contributed by atoms with E-state index in [1.807, 2.05) is 13.8 Å². The van der Waals surface area contributed by atoms with Crippen LogP contribution in [0.15, 0.2) is 0 Å². The fourth-order valence-corrected chi connectivity index (χ4v) is 2.76. The van der Waals surface area contributed by atoms with Crippen molar-refractivity contribution in [1.29, 1.82) is 5.26 Å². The Bertz CT molecular complexity index is 297. The summed E-state index contributed by atoms with van der Waals surface area (Å²) in [7, 11) is 6.61. The summed E-state index contributed by atoms with van der Waals surface area (Å²) in [6.07, 6.45) is 6.12. The van der Waals surface area contributed by atoms with Gasteiger partial charge in [-0.05, 0) is 73.6 Å². The monoisotopic (exact) mass is 251 g/mol. The molecule has 1 aliphatic rings. The van der Waals surface area contributed by atoms with Crippen LogP contribution in [0.5, 0.6) is 0 Å². The minimum Gasteiger partial charge on any atom is -0.305 e. The molecule has 0 unspecified atom stereocenters. The fraction of sp³-hybridized carbons (Fsp3) is 0.933. The summed E-state index contributed by atoms with van der Waals surface area (Å²) < 4.78 is 0. The van der Waals surface area contributed by atoms with Gasteiger partial charge in [0, 0.05) is 12.1 Å². The van der Waals surface area contributed by atoms with Crippen molar-refractivity contribution in [3.8, 4) is 6.07 Å². The minimum absolute atomic E-state index is 0.170. The summed E-state index contributed by atoms with van der Waals surface area (Å²) in [6.45, 7) is 6.31. The smallest absolute Gasteiger partial charge is 0.0683 e. The molecular formula is C15H29N3. The predicted molar refractivity (Wildman–Crippen MR) is 76.4 cm³/mol. The fourth-order valence-electron chi connectivity index (χ4n) is 2.76. The quantitative estimate of drug-likeness (QED) is 0.697. The van der Waals surface area contributed by atoms with Gasteiger partial charge in [0.05, 0.1) is 11.5 Å². The number of hydrogen-bond acceptors (Lipinski definition) is 3. The molecule has 3 heteroatoms. The van der Waals surface area contributed by atoms with E-state index >= 15 is 0 Å². The number of likely N-dealkylation sites (N-methyl/N-ethyl adjacent to an activating group) is 2. The highest BCUT2D eigenvalue weighted by atomic mass is 15.2. The maximum atomic E-state index is 9.00. The summed E-state index contributed by atoms with van der Waals surface area (Å²) in [6, 6.07) is 2.38. The highest BCUT2D eigenvalue weighted by Crippen LogP contribution is 2.36. The molecule has 104 valence electrons. The Morgan fingerprint density at radius 2 is 1.83 bits per heavy atom. The molecule has 18 heavy (non-hydrogen) atoms. The van der Waals surface area contributed by atoms with Crippen molar-refractivity contribution in [2.75, 3.05) is 34.2 Å². The molecule has 1 saturated carbocycles. The molecule has 0 aliphatic heterocycles. The summed E-state index contributed by atoms with van der Waals surface area (Å²) in [5.41, 5.74) is 0.246. The lowest BCUT2D eigenvalue weighted by Crippen LogP contribution is -2.56. The predicted octanol–water partition coefficient (Wildman–Crippen LogP) is 2.73. The maximum absolute atomic E-state index is 9.00. The van der Waals surface area contributed by atoms with E-state index in [1.54, 1.807) is 0 Å². The molecule has 0 radical (unpaired) electrons. The maximum Gasteiger partial charge on any atom is 0.0683 e. The van der Waals surface area contributed by atoms with Crippen LogP contribution < -0.4 is 0 Å². The second kappa shape index (κ2) is 6.04. The molecule has 1 fully saturated rings. The molecule has 0 aromatic rings. The third-order valence-corrected chi connectivity index (χ3v) is 4.44. The van der Waals surface area contributed by atoms with Gasteiger partial charge in [0.15, 0.2) is 0 Å². The van der Waals surface area contributed by atoms with E-state index in [0.717, 1.165) is 25.9 Å². The molecule has 0 aromatic heterocycles. The minimum atomic E-state index is -0.170. The van der Waals surface area contributed by atoms with Crippen LogP contribution in [0.2, 0.25) is 0 Å². The lowest BCUT2D eigenvalue weighted by Gasteiger charge is -2.49. The summed E-state index contributed by atoms with van der Waals surface area (Å²) >= 11 is 0. The third kappa shape index (κ3) is 3.96. The van der Waals surface area contributed by atoms with Crippen molar-refractivity contribution in [3.63, 3.8) is 0 Å². The topological polar surface area (TPSA) is 30.3 Å². The van der Waals surface area contributed by atoms with Gasteiger partial charge in [0.2, 0.25) is 0 Å². The number of nitrogens with zero attached hydrogens (tertiary/aromatic N) is 3. The van der Waals surface area contributed by atoms with Gasteiger partial charge in [-0.3, -0.25) is 0 Å². The van der Waals surface area contributed by atoms with E-state index in [4.69, 9.17) is 5.26 Å². The lowest BCUT2D eigenvalue weighted by molar-refractivity contribution is 0.0271. The molecule has 1 aliphatic carbocycles. The highest BCUT2D eigenvalue weighted by molar-refractivity contribution is 4.98. The van der Waals surface area contributed by atoms with Crippen molar-refractivity contribution in [2.45, 2.75) is 51.5 Å². The van der Waals surface area contributed by atoms with Gasteiger partial charge in [0.25, 0.3) is 0 Å². The van der Waals surface area contributed by atoms with Crippen LogP contribution in [0.3, 0.4) is 0 Å². The normalized spacial score (nSPS) is 18.8. The van der Waals surface area contributed by atoms with Crippen molar-refractivity contribution in [3.05, 3.63) is 0 Å². The molecule has 0 aromatic carbocycles. The van der Waals surface area contributed by atoms with E-state index in [1.165, 1.54) is 19.3 Å². The van der Waals surface area contributed by atoms with Gasteiger partial charge in [-0.25, -0.2) is 0 Å². The molecule has 0 N–H and O–H groups in total. The van der Waals surface area contributed by atoms with Crippen molar-refractivity contribution in [2.24, 2.45) is 5.41 Å². The zero-order chi connectivity index (χ0) is 13.8. The molecule has 0 spiro atoms. The summed E-state index contributed by atoms with van der Waals surface area (Å²) in [5, 5.41) is 9.00. The molecule has 0 saturated heterocycles. The van der Waals surface area contributed by atoms with Crippen molar-refractivity contribution in [1.82, 2.24) is 9.80 Å². The zero-order valence-corrected chi connectivity index (χ0v) is 12.8. The van der Waals surface area contributed by atoms with Crippen LogP contribution in [-0.2, 0) is 0 Å². The Morgan fingerprint density at radius 3 is 2.22 bits per heavy atom. The second-order valence-corrected chi connectivity index (χ2v) is 6.81. The first-order chi connectivity index (χ1) is 8.31. The third-order valence-electron chi connectivity index (χ3n) is 4.44. The SMILES string of the molecule is CN(CCCC(C)(C)C#N)CC1(N(C)C)CCC1. The van der Waals surface area contributed by atoms with E-state index in [9.17, 15) is 0 Å². The number of rotatable bonds is 7. The van der Waals surface area contributed by atoms with Crippen LogP contribution in [0.4, 0.5) is 0 Å². The van der Waals surface area contributed by atoms with Crippen molar-refractivity contribution < 1.29 is 0 Å². The molecule has 0 atom stereocenters. The van der Waals surface area contributed by atoms with Crippen molar-refractivity contribution >= 4 is 0 Å². The number of hydrogen-bond donors (Lipinski definition) is 0. The first-order valence-electron chi connectivity index (χ1n) is 7.09. The van der Waals surface area contributed by atoms with Gasteiger partial charge in [-0.1, -0.05) is 0 Å². The van der Waals surface area contributed by atoms with E-state index in [2.05, 4.69) is 37.0 Å². The summed E-state index contributed by atoms with van der Waals surface area (Å²) in [5.74, 6) is 0. The first-order valence-corrected chi connectivity index (χ1v) is 7.09. The van der Waals surface area contributed by atoms with Crippen LogP contribution >= 0.6 is 0 Å². The molecule has 0 bridgehead atoms. The standard InChI is InChI=1S/C15H29N3/c1-14(2,12-16)8-7-11-18(5)13-15(17(3)4)9-6-10-15/h6-11,13H2,1-5H3. The Balaban J connectivity index is 2.30. The molecule has 3 nitrogen and oxygen atoms in total. The van der Waals surface area contributed by atoms with Gasteiger partial charge in [0.1, 0.15) is 0 Å². The Morgan fingerprint density at radius 1 is 1.22 bits per heavy atom.